The molecule has 2 nitrogen and oxygen atoms in total. The van der Waals surface area contributed by atoms with Crippen LogP contribution < -0.4 is 5.73 Å². The summed E-state index contributed by atoms with van der Waals surface area (Å²) in [5, 5.41) is 0. The van der Waals surface area contributed by atoms with Gasteiger partial charge in [-0.05, 0) is 30.3 Å². The molecule has 0 aliphatic heterocycles. The van der Waals surface area contributed by atoms with E-state index in [1.807, 2.05) is 18.2 Å². The molecule has 0 spiro atoms. The van der Waals surface area contributed by atoms with E-state index >= 15 is 0 Å². The zero-order valence-corrected chi connectivity index (χ0v) is 11.0. The molecule has 0 saturated heterocycles. The maximum atomic E-state index is 5.69. The van der Waals surface area contributed by atoms with Gasteiger partial charge in [-0.2, -0.15) is 0 Å². The predicted molar refractivity (Wildman–Crippen MR) is 72.4 cm³/mol. The zero-order valence-electron chi connectivity index (χ0n) is 8.56. The number of halogens is 1. The van der Waals surface area contributed by atoms with Gasteiger partial charge in [0.25, 0.3) is 0 Å². The second-order valence-electron chi connectivity index (χ2n) is 3.33. The number of anilines is 1. The lowest BCUT2D eigenvalue weighted by atomic mass is 10.3. The van der Waals surface area contributed by atoms with E-state index in [0.717, 1.165) is 21.6 Å². The van der Waals surface area contributed by atoms with Crippen LogP contribution in [0.25, 0.3) is 0 Å². The number of nitrogen functional groups attached to an aromatic ring is 1. The minimum atomic E-state index is 0.764. The van der Waals surface area contributed by atoms with Gasteiger partial charge in [-0.1, -0.05) is 22.0 Å². The molecule has 16 heavy (non-hydrogen) atoms. The Balaban J connectivity index is 2.02. The maximum Gasteiger partial charge on any atom is 0.0526 e. The first-order chi connectivity index (χ1) is 7.74. The molecule has 0 aliphatic carbocycles. The van der Waals surface area contributed by atoms with Crippen molar-refractivity contribution in [2.45, 2.75) is 10.6 Å². The Morgan fingerprint density at radius 1 is 1.25 bits per heavy atom. The summed E-state index contributed by atoms with van der Waals surface area (Å²) in [4.78, 5) is 5.49. The van der Waals surface area contributed by atoms with Crippen LogP contribution in [-0.4, -0.2) is 4.98 Å². The SMILES string of the molecule is Nc1ccnc(CSc2cccc(Br)c2)c1. The average molecular weight is 295 g/mol. The van der Waals surface area contributed by atoms with Crippen LogP contribution in [0.2, 0.25) is 0 Å². The molecule has 0 amide bonds. The molecular weight excluding hydrogens is 284 g/mol. The number of hydrogen-bond acceptors (Lipinski definition) is 3. The minimum Gasteiger partial charge on any atom is -0.399 e. The van der Waals surface area contributed by atoms with Crippen LogP contribution in [0.5, 0.6) is 0 Å². The van der Waals surface area contributed by atoms with Crippen LogP contribution in [0.3, 0.4) is 0 Å². The van der Waals surface area contributed by atoms with Crippen molar-refractivity contribution in [2.24, 2.45) is 0 Å². The van der Waals surface area contributed by atoms with Crippen LogP contribution >= 0.6 is 27.7 Å². The maximum absolute atomic E-state index is 5.69. The smallest absolute Gasteiger partial charge is 0.0526 e. The number of benzene rings is 1. The number of aromatic nitrogens is 1. The summed E-state index contributed by atoms with van der Waals surface area (Å²) in [7, 11) is 0. The Morgan fingerprint density at radius 3 is 2.88 bits per heavy atom. The fourth-order valence-electron chi connectivity index (χ4n) is 1.29. The van der Waals surface area contributed by atoms with Crippen molar-refractivity contribution in [3.8, 4) is 0 Å². The Morgan fingerprint density at radius 2 is 2.12 bits per heavy atom. The largest absolute Gasteiger partial charge is 0.399 e. The van der Waals surface area contributed by atoms with Gasteiger partial charge in [0.05, 0.1) is 5.69 Å². The van der Waals surface area contributed by atoms with Gasteiger partial charge in [0, 0.05) is 27.0 Å². The van der Waals surface area contributed by atoms with E-state index in [2.05, 4.69) is 33.0 Å². The topological polar surface area (TPSA) is 38.9 Å². The van der Waals surface area contributed by atoms with Gasteiger partial charge in [0.15, 0.2) is 0 Å². The van der Waals surface area contributed by atoms with Crippen molar-refractivity contribution < 1.29 is 0 Å². The highest BCUT2D eigenvalue weighted by Crippen LogP contribution is 2.25. The molecule has 0 unspecified atom stereocenters. The van der Waals surface area contributed by atoms with Crippen LogP contribution in [0.15, 0.2) is 52.0 Å². The molecule has 82 valence electrons. The van der Waals surface area contributed by atoms with E-state index in [4.69, 9.17) is 5.73 Å². The summed E-state index contributed by atoms with van der Waals surface area (Å²) in [6.45, 7) is 0. The summed E-state index contributed by atoms with van der Waals surface area (Å²) in [6, 6.07) is 11.9. The van der Waals surface area contributed by atoms with Crippen molar-refractivity contribution in [1.29, 1.82) is 0 Å². The molecule has 0 aliphatic rings. The predicted octanol–water partition coefficient (Wildman–Crippen LogP) is 3.72. The Hall–Kier alpha value is -1.00. The Bertz CT molecular complexity index is 442. The van der Waals surface area contributed by atoms with Gasteiger partial charge in [0.2, 0.25) is 0 Å². The lowest BCUT2D eigenvalue weighted by molar-refractivity contribution is 1.18. The number of thioether (sulfide) groups is 1. The summed E-state index contributed by atoms with van der Waals surface area (Å²) in [5.74, 6) is 0.835. The van der Waals surface area contributed by atoms with Crippen LogP contribution in [0.4, 0.5) is 5.69 Å². The zero-order chi connectivity index (χ0) is 11.4. The molecule has 2 N–H and O–H groups in total. The standard InChI is InChI=1S/C12H11BrN2S/c13-9-2-1-3-12(6-9)16-8-11-7-10(14)4-5-15-11/h1-7H,8H2,(H2,14,15). The third-order valence-electron chi connectivity index (χ3n) is 2.02. The van der Waals surface area contributed by atoms with Crippen molar-refractivity contribution in [2.75, 3.05) is 5.73 Å². The highest BCUT2D eigenvalue weighted by Gasteiger charge is 1.98. The fourth-order valence-corrected chi connectivity index (χ4v) is 2.70. The van der Waals surface area contributed by atoms with E-state index in [-0.39, 0.29) is 0 Å². The first-order valence-electron chi connectivity index (χ1n) is 4.83. The second kappa shape index (κ2) is 5.37. The highest BCUT2D eigenvalue weighted by molar-refractivity contribution is 9.10. The van der Waals surface area contributed by atoms with Crippen LogP contribution in [0, 0.1) is 0 Å². The van der Waals surface area contributed by atoms with E-state index in [9.17, 15) is 0 Å². The Labute approximate surface area is 107 Å². The second-order valence-corrected chi connectivity index (χ2v) is 5.29. The van der Waals surface area contributed by atoms with Crippen LogP contribution in [-0.2, 0) is 5.75 Å². The molecule has 0 saturated carbocycles. The molecule has 1 aromatic heterocycles. The third-order valence-corrected chi connectivity index (χ3v) is 3.54. The fraction of sp³-hybridized carbons (Fsp3) is 0.0833. The van der Waals surface area contributed by atoms with Crippen molar-refractivity contribution in [3.05, 3.63) is 52.8 Å². The Kier molecular flexibility index (Phi) is 3.85. The lowest BCUT2D eigenvalue weighted by Gasteiger charge is -2.02. The van der Waals surface area contributed by atoms with E-state index in [0.29, 0.717) is 0 Å². The molecule has 1 aromatic carbocycles. The quantitative estimate of drug-likeness (QED) is 0.877. The molecule has 0 radical (unpaired) electrons. The molecule has 0 bridgehead atoms. The van der Waals surface area contributed by atoms with Crippen molar-refractivity contribution >= 4 is 33.4 Å². The van der Waals surface area contributed by atoms with Gasteiger partial charge in [-0.25, -0.2) is 0 Å². The summed E-state index contributed by atoms with van der Waals surface area (Å²) in [5.41, 5.74) is 7.46. The first kappa shape index (κ1) is 11.5. The van der Waals surface area contributed by atoms with E-state index in [1.54, 1.807) is 24.0 Å². The monoisotopic (exact) mass is 294 g/mol. The van der Waals surface area contributed by atoms with Gasteiger partial charge in [0.1, 0.15) is 0 Å². The van der Waals surface area contributed by atoms with E-state index < -0.39 is 0 Å². The lowest BCUT2D eigenvalue weighted by Crippen LogP contribution is -1.90. The van der Waals surface area contributed by atoms with E-state index in [1.165, 1.54) is 4.90 Å². The molecule has 2 rings (SSSR count). The highest BCUT2D eigenvalue weighted by atomic mass is 79.9. The van der Waals surface area contributed by atoms with Crippen molar-refractivity contribution in [1.82, 2.24) is 4.98 Å². The van der Waals surface area contributed by atoms with Crippen molar-refractivity contribution in [3.63, 3.8) is 0 Å². The van der Waals surface area contributed by atoms with Gasteiger partial charge in [-0.3, -0.25) is 4.98 Å². The third kappa shape index (κ3) is 3.25. The molecule has 0 fully saturated rings. The number of pyridine rings is 1. The van der Waals surface area contributed by atoms with Gasteiger partial charge in [-0.15, -0.1) is 11.8 Å². The number of nitrogens with two attached hydrogens (primary N) is 1. The summed E-state index contributed by atoms with van der Waals surface area (Å²) >= 11 is 5.20. The minimum absolute atomic E-state index is 0.764. The average Bonchev–Trinajstić information content (AvgIpc) is 2.27. The van der Waals surface area contributed by atoms with Gasteiger partial charge >= 0.3 is 0 Å². The molecule has 4 heteroatoms. The first-order valence-corrected chi connectivity index (χ1v) is 6.61. The summed E-state index contributed by atoms with van der Waals surface area (Å²) in [6.07, 6.45) is 1.74. The molecule has 0 atom stereocenters. The molecule has 2 aromatic rings. The number of hydrogen-bond donors (Lipinski definition) is 1. The normalized spacial score (nSPS) is 10.3. The molecule has 1 heterocycles. The number of rotatable bonds is 3. The number of nitrogens with zero attached hydrogens (tertiary/aromatic N) is 1. The molecular formula is C12H11BrN2S. The van der Waals surface area contributed by atoms with Crippen LogP contribution in [0.1, 0.15) is 5.69 Å². The summed E-state index contributed by atoms with van der Waals surface area (Å²) < 4.78 is 1.10. The van der Waals surface area contributed by atoms with Gasteiger partial charge < -0.3 is 5.73 Å².